The van der Waals surface area contributed by atoms with Crippen LogP contribution in [0.15, 0.2) is 36.0 Å². The van der Waals surface area contributed by atoms with Gasteiger partial charge in [-0.25, -0.2) is 19.4 Å². The molecule has 0 aliphatic rings. The molecule has 13 heteroatoms. The number of anilines is 2. The maximum absolute atomic E-state index is 12.8. The molecule has 1 heterocycles. The Balaban J connectivity index is 2.49. The summed E-state index contributed by atoms with van der Waals surface area (Å²) in [5, 5.41) is 14.7. The van der Waals surface area contributed by atoms with E-state index in [1.165, 1.54) is 14.0 Å². The highest BCUT2D eigenvalue weighted by atomic mass is 28.3. The van der Waals surface area contributed by atoms with Gasteiger partial charge in [0, 0.05) is 43.4 Å². The summed E-state index contributed by atoms with van der Waals surface area (Å²) >= 11 is 0. The summed E-state index contributed by atoms with van der Waals surface area (Å²) < 4.78 is 18.0. The predicted octanol–water partition coefficient (Wildman–Crippen LogP) is 6.00. The van der Waals surface area contributed by atoms with Crippen LogP contribution in [0.2, 0.25) is 25.7 Å². The summed E-state index contributed by atoms with van der Waals surface area (Å²) in [6, 6.07) is 5.36. The zero-order valence-corrected chi connectivity index (χ0v) is 26.9. The van der Waals surface area contributed by atoms with E-state index >= 15 is 0 Å². The summed E-state index contributed by atoms with van der Waals surface area (Å²) in [4.78, 5) is 40.6. The van der Waals surface area contributed by atoms with Crippen molar-refractivity contribution in [2.45, 2.75) is 84.6 Å². The van der Waals surface area contributed by atoms with Crippen molar-refractivity contribution in [2.75, 3.05) is 24.8 Å². The van der Waals surface area contributed by atoms with Crippen molar-refractivity contribution in [1.82, 2.24) is 14.9 Å². The summed E-state index contributed by atoms with van der Waals surface area (Å²) in [5.41, 5.74) is 7.82. The molecule has 0 spiro atoms. The highest BCUT2D eigenvalue weighted by Gasteiger charge is 2.25. The number of nitrogens with two attached hydrogens (primary N) is 1. The summed E-state index contributed by atoms with van der Waals surface area (Å²) in [7, 11) is -0.0501. The average Bonchev–Trinajstić information content (AvgIpc) is 3.27. The van der Waals surface area contributed by atoms with Crippen molar-refractivity contribution >= 4 is 37.6 Å². The molecule has 0 fully saturated rings. The highest BCUT2D eigenvalue weighted by Crippen LogP contribution is 2.31. The number of hydrogen-bond acceptors (Lipinski definition) is 8. The number of ether oxygens (including phenoxy) is 3. The second-order valence-corrected chi connectivity index (χ2v) is 17.8. The number of nitrogen functional groups attached to an aromatic ring is 1. The molecular weight excluding hydrogens is 558 g/mol. The number of alkyl carbamates (subject to hydrolysis) is 1. The van der Waals surface area contributed by atoms with Crippen LogP contribution >= 0.6 is 0 Å². The lowest BCUT2D eigenvalue weighted by atomic mass is 10.1. The van der Waals surface area contributed by atoms with Crippen molar-refractivity contribution in [2.24, 2.45) is 0 Å². The number of nitrogens with zero attached hydrogens (tertiary/aromatic N) is 2. The number of rotatable bonds is 13. The fourth-order valence-corrected chi connectivity index (χ4v) is 4.55. The molecule has 0 aliphatic carbocycles. The van der Waals surface area contributed by atoms with Gasteiger partial charge in [0.2, 0.25) is 0 Å². The Labute approximate surface area is 248 Å². The number of carbonyl (C=O) groups excluding carboxylic acids is 2. The maximum Gasteiger partial charge on any atom is 0.411 e. The highest BCUT2D eigenvalue weighted by molar-refractivity contribution is 6.76. The first-order chi connectivity index (χ1) is 19.5. The van der Waals surface area contributed by atoms with Gasteiger partial charge < -0.3 is 34.9 Å². The second kappa shape index (κ2) is 14.9. The van der Waals surface area contributed by atoms with E-state index in [1.54, 1.807) is 51.2 Å². The van der Waals surface area contributed by atoms with E-state index in [2.05, 4.69) is 35.0 Å². The summed E-state index contributed by atoms with van der Waals surface area (Å²) in [6.07, 6.45) is 2.88. The maximum atomic E-state index is 12.8. The monoisotopic (exact) mass is 603 g/mol. The van der Waals surface area contributed by atoms with Crippen LogP contribution in [-0.4, -0.2) is 60.2 Å². The van der Waals surface area contributed by atoms with E-state index < -0.39 is 37.9 Å². The van der Waals surface area contributed by atoms with Gasteiger partial charge >= 0.3 is 18.2 Å². The molecular formula is C29H45N5O7Si. The third kappa shape index (κ3) is 11.6. The largest absolute Gasteiger partial charge is 0.478 e. The average molecular weight is 604 g/mol. The molecule has 42 heavy (non-hydrogen) atoms. The van der Waals surface area contributed by atoms with Gasteiger partial charge in [0.25, 0.3) is 0 Å². The van der Waals surface area contributed by atoms with Crippen molar-refractivity contribution in [3.63, 3.8) is 0 Å². The third-order valence-corrected chi connectivity index (χ3v) is 7.74. The van der Waals surface area contributed by atoms with Crippen LogP contribution < -0.4 is 16.4 Å². The Morgan fingerprint density at radius 1 is 1.19 bits per heavy atom. The molecule has 1 aromatic heterocycles. The fraction of sp³-hybridized carbons (Fsp3) is 0.517. The number of aromatic nitrogens is 2. The van der Waals surface area contributed by atoms with Crippen molar-refractivity contribution in [1.29, 1.82) is 0 Å². The van der Waals surface area contributed by atoms with E-state index in [-0.39, 0.29) is 12.3 Å². The molecule has 1 atom stereocenters. The molecule has 232 valence electrons. The predicted molar refractivity (Wildman–Crippen MR) is 165 cm³/mol. The molecule has 0 bridgehead atoms. The van der Waals surface area contributed by atoms with Gasteiger partial charge in [0.05, 0.1) is 18.8 Å². The number of amides is 2. The smallest absolute Gasteiger partial charge is 0.411 e. The Bertz CT molecular complexity index is 1280. The molecule has 2 aromatic rings. The number of carboxylic acid groups (broad SMARTS) is 1. The van der Waals surface area contributed by atoms with Crippen LogP contribution in [-0.2, 0) is 25.7 Å². The Morgan fingerprint density at radius 2 is 1.88 bits per heavy atom. The minimum absolute atomic E-state index is 0.186. The van der Waals surface area contributed by atoms with Crippen molar-refractivity contribution < 1.29 is 33.7 Å². The Morgan fingerprint density at radius 3 is 2.45 bits per heavy atom. The minimum atomic E-state index is -1.32. The standard InChI is InChI=1S/C29H45N5O7Si/c1-19(26(35)36)10-9-11-23(33-28(38)41-29(2,3)4)25-32-24(17-34(25)18-40-14-15-42(6,7)8)21-13-12-20(16-22(21)30)31-27(37)39-5/h10,12-13,16-17,23H,9,11,14-15,18,30H2,1-8H3,(H,31,37)(H,33,38)(H,35,36)/t23-/m0/s1. The minimum Gasteiger partial charge on any atom is -0.478 e. The van der Waals surface area contributed by atoms with Gasteiger partial charge in [0.1, 0.15) is 18.2 Å². The lowest BCUT2D eigenvalue weighted by Crippen LogP contribution is -2.36. The van der Waals surface area contributed by atoms with Crippen LogP contribution in [0.25, 0.3) is 11.3 Å². The number of allylic oxidation sites excluding steroid dienone is 1. The quantitative estimate of drug-likeness (QED) is 0.0929. The lowest BCUT2D eigenvalue weighted by Gasteiger charge is -2.24. The molecule has 0 radical (unpaired) electrons. The molecule has 0 saturated carbocycles. The lowest BCUT2D eigenvalue weighted by molar-refractivity contribution is -0.132. The first-order valence-corrected chi connectivity index (χ1v) is 17.5. The van der Waals surface area contributed by atoms with Gasteiger partial charge in [-0.05, 0) is 64.8 Å². The number of nitrogens with one attached hydrogen (secondary N) is 2. The molecule has 2 rings (SSSR count). The fourth-order valence-electron chi connectivity index (χ4n) is 3.79. The molecule has 0 saturated heterocycles. The first kappa shape index (κ1) is 34.4. The van der Waals surface area contributed by atoms with Gasteiger partial charge in [-0.15, -0.1) is 0 Å². The van der Waals surface area contributed by atoms with Crippen LogP contribution in [0, 0.1) is 0 Å². The van der Waals surface area contributed by atoms with E-state index in [4.69, 9.17) is 20.2 Å². The number of imidazole rings is 1. The van der Waals surface area contributed by atoms with E-state index in [1.807, 2.05) is 4.57 Å². The van der Waals surface area contributed by atoms with Gasteiger partial charge in [-0.3, -0.25) is 5.32 Å². The van der Waals surface area contributed by atoms with Crippen LogP contribution in [0.3, 0.4) is 0 Å². The van der Waals surface area contributed by atoms with Crippen molar-refractivity contribution in [3.05, 3.63) is 41.9 Å². The summed E-state index contributed by atoms with van der Waals surface area (Å²) in [5.74, 6) is -0.506. The molecule has 2 amide bonds. The van der Waals surface area contributed by atoms with Crippen LogP contribution in [0.1, 0.15) is 52.4 Å². The van der Waals surface area contributed by atoms with Gasteiger partial charge in [-0.1, -0.05) is 25.7 Å². The van der Waals surface area contributed by atoms with E-state index in [0.29, 0.717) is 47.9 Å². The van der Waals surface area contributed by atoms with Gasteiger partial charge in [0.15, 0.2) is 0 Å². The molecule has 1 aromatic carbocycles. The van der Waals surface area contributed by atoms with Crippen LogP contribution in [0.4, 0.5) is 21.0 Å². The molecule has 0 aliphatic heterocycles. The normalized spacial score (nSPS) is 12.9. The van der Waals surface area contributed by atoms with Crippen molar-refractivity contribution in [3.8, 4) is 11.3 Å². The third-order valence-electron chi connectivity index (χ3n) is 6.04. The topological polar surface area (TPSA) is 167 Å². The van der Waals surface area contributed by atoms with E-state index in [0.717, 1.165) is 6.04 Å². The number of benzene rings is 1. The van der Waals surface area contributed by atoms with Gasteiger partial charge in [-0.2, -0.15) is 0 Å². The summed E-state index contributed by atoms with van der Waals surface area (Å²) in [6.45, 7) is 14.4. The molecule has 12 nitrogen and oxygen atoms in total. The number of aliphatic carboxylic acids is 1. The zero-order chi connectivity index (χ0) is 31.7. The van der Waals surface area contributed by atoms with E-state index in [9.17, 15) is 19.5 Å². The number of hydrogen-bond donors (Lipinski definition) is 4. The molecule has 5 N–H and O–H groups in total. The second-order valence-electron chi connectivity index (χ2n) is 12.2. The molecule has 0 unspecified atom stereocenters. The number of carboxylic acids is 1. The number of carbonyl (C=O) groups is 3. The van der Waals surface area contributed by atoms with Crippen LogP contribution in [0.5, 0.6) is 0 Å². The zero-order valence-electron chi connectivity index (χ0n) is 25.9. The SMILES string of the molecule is COC(=O)Nc1ccc(-c2cn(COCC[Si](C)(C)C)c([C@H](CCC=C(C)C(=O)O)NC(=O)OC(C)(C)C)n2)c(N)c1. The Kier molecular flexibility index (Phi) is 12.2. The Hall–Kier alpha value is -3.84. The first-order valence-electron chi connectivity index (χ1n) is 13.8. The number of methoxy groups -OCH3 is 1.